The number of amides is 10. The van der Waals surface area contributed by atoms with Crippen molar-refractivity contribution in [3.63, 3.8) is 0 Å². The van der Waals surface area contributed by atoms with E-state index in [1.54, 1.807) is 71.9 Å². The number of nitrogens with one attached hydrogen (secondary N) is 9. The molecule has 14 N–H and O–H groups in total. The summed E-state index contributed by atoms with van der Waals surface area (Å²) < 4.78 is 0. The lowest BCUT2D eigenvalue weighted by Gasteiger charge is -2.28. The number of rotatable bonds is 36. The maximum Gasteiger partial charge on any atom is 0.317 e. The fourth-order valence-corrected chi connectivity index (χ4v) is 10.4. The van der Waals surface area contributed by atoms with E-state index in [1.165, 1.54) is 36.0 Å². The number of hydrogen-bond acceptors (Lipinski definition) is 14. The van der Waals surface area contributed by atoms with Crippen LogP contribution in [-0.4, -0.2) is 153 Å². The van der Waals surface area contributed by atoms with Gasteiger partial charge in [-0.25, -0.2) is 0 Å². The molecule has 83 heavy (non-hydrogen) atoms. The summed E-state index contributed by atoms with van der Waals surface area (Å²) in [5.74, 6) is -11.6. The topological polar surface area (TPSA) is 400 Å². The van der Waals surface area contributed by atoms with Gasteiger partial charge in [-0.15, -0.1) is 11.8 Å². The van der Waals surface area contributed by atoms with Crippen molar-refractivity contribution in [3.8, 4) is 5.75 Å². The Bertz CT molecular complexity index is 2530. The number of aromatic hydroxyl groups is 1. The monoisotopic (exact) mass is 1180 g/mol. The number of hydrogen-bond donors (Lipinski definition) is 13. The molecular weight excluding hydrogens is 1100 g/mol. The van der Waals surface area contributed by atoms with E-state index in [4.69, 9.17) is 5.73 Å². The molecule has 0 radical (unpaired) electrons. The highest BCUT2D eigenvalue weighted by molar-refractivity contribution is 8.01. The van der Waals surface area contributed by atoms with Crippen LogP contribution in [0.5, 0.6) is 5.75 Å². The van der Waals surface area contributed by atoms with E-state index in [9.17, 15) is 72.9 Å². The van der Waals surface area contributed by atoms with Gasteiger partial charge in [-0.1, -0.05) is 91.1 Å². The van der Waals surface area contributed by atoms with Crippen molar-refractivity contribution >= 4 is 82.8 Å². The molecule has 10 amide bonds. The van der Waals surface area contributed by atoms with Crippen LogP contribution >= 0.6 is 11.8 Å². The predicted molar refractivity (Wildman–Crippen MR) is 308 cm³/mol. The number of primary amides is 1. The number of phenolic OH excluding ortho intramolecular Hbond substituents is 1. The molecular formula is C57H84N10O15S. The Morgan fingerprint density at radius 1 is 0.578 bits per heavy atom. The van der Waals surface area contributed by atoms with Gasteiger partial charge in [0.15, 0.2) is 0 Å². The number of carbonyl (C=O) groups is 12. The Labute approximate surface area is 488 Å². The van der Waals surface area contributed by atoms with Crippen LogP contribution in [0.25, 0.3) is 0 Å². The van der Waals surface area contributed by atoms with Crippen LogP contribution in [0.3, 0.4) is 0 Å². The number of carbonyl (C=O) groups excluding carboxylic acids is 10. The molecule has 0 heterocycles. The third-order valence-corrected chi connectivity index (χ3v) is 15.0. The van der Waals surface area contributed by atoms with Gasteiger partial charge >= 0.3 is 11.9 Å². The first-order valence-electron chi connectivity index (χ1n) is 28.1. The van der Waals surface area contributed by atoms with E-state index in [2.05, 4.69) is 47.9 Å². The molecule has 3 rings (SSSR count). The van der Waals surface area contributed by atoms with E-state index in [-0.39, 0.29) is 62.0 Å². The molecule has 1 aliphatic carbocycles. The summed E-state index contributed by atoms with van der Waals surface area (Å²) >= 11 is 1.28. The Morgan fingerprint density at radius 2 is 1.12 bits per heavy atom. The van der Waals surface area contributed by atoms with Gasteiger partial charge in [0, 0.05) is 36.6 Å². The lowest BCUT2D eigenvalue weighted by molar-refractivity contribution is -0.139. The normalized spacial score (nSPS) is 15.0. The van der Waals surface area contributed by atoms with E-state index in [1.807, 2.05) is 0 Å². The Balaban J connectivity index is 1.90. The molecule has 2 aromatic rings. The predicted octanol–water partition coefficient (Wildman–Crippen LogP) is 1.29. The van der Waals surface area contributed by atoms with Gasteiger partial charge in [0.05, 0.1) is 13.1 Å². The second kappa shape index (κ2) is 35.9. The summed E-state index contributed by atoms with van der Waals surface area (Å²) in [7, 11) is 0. The lowest BCUT2D eigenvalue weighted by Crippen LogP contribution is -2.60. The molecule has 458 valence electrons. The fourth-order valence-electron chi connectivity index (χ4n) is 8.93. The van der Waals surface area contributed by atoms with E-state index in [0.29, 0.717) is 11.1 Å². The number of unbranched alkanes of at least 4 members (excludes halogenated alkanes) is 1. The standard InChI is InChI=1S/C57H84N10O15S/c1-32(2)27-41(65-56(80)49(34(5)6)67-46(71)30-60-51(75)36-15-9-7-10-16-36)55(79)62-39(19-13-14-26-59-44(69)29-43(57(81)82)83-38-17-11-8-12-18-38)53(77)63-40(24-25-47(72)73)54(78)64-42(28-35-20-22-37(68)23-21-35)52(76)61-31-45(70)66-48(33(3)4)50(58)74/h7,9-10,15-16,20-23,32-34,38-43,48-49,68H,8,11-14,17-19,24-31H2,1-6H3,(H2,58,74)(H,59,69)(H,60,75)(H,61,76)(H,62,79)(H,63,77)(H,64,78)(H,65,80)(H,66,70)(H,67,71)(H,72,73)(H,81,82)/t39-,40-,41-,42-,43-,48-,49-/m0/s1. The Kier molecular flexibility index (Phi) is 30.1. The van der Waals surface area contributed by atoms with Crippen LogP contribution in [0.1, 0.15) is 135 Å². The van der Waals surface area contributed by atoms with Crippen molar-refractivity contribution in [2.75, 3.05) is 19.6 Å². The number of aliphatic carboxylic acids is 2. The molecule has 25 nitrogen and oxygen atoms in total. The minimum atomic E-state index is -1.68. The highest BCUT2D eigenvalue weighted by Crippen LogP contribution is 2.32. The third kappa shape index (κ3) is 26.4. The average molecular weight is 1180 g/mol. The molecule has 1 saturated carbocycles. The highest BCUT2D eigenvalue weighted by Gasteiger charge is 2.35. The molecule has 0 aromatic heterocycles. The van der Waals surface area contributed by atoms with E-state index in [0.717, 1.165) is 32.1 Å². The molecule has 2 aromatic carbocycles. The maximum absolute atomic E-state index is 14.5. The second-order valence-electron chi connectivity index (χ2n) is 21.7. The molecule has 0 unspecified atom stereocenters. The summed E-state index contributed by atoms with van der Waals surface area (Å²) in [6.45, 7) is 9.06. The molecule has 0 bridgehead atoms. The minimum Gasteiger partial charge on any atom is -0.508 e. The quantitative estimate of drug-likeness (QED) is 0.0428. The van der Waals surface area contributed by atoms with Crippen LogP contribution in [0.4, 0.5) is 0 Å². The third-order valence-electron chi connectivity index (χ3n) is 13.5. The zero-order valence-corrected chi connectivity index (χ0v) is 48.9. The fraction of sp³-hybridized carbons (Fsp3) is 0.579. The molecule has 1 aliphatic rings. The first kappa shape index (κ1) is 69.5. The molecule has 0 spiro atoms. The molecule has 0 aliphatic heterocycles. The largest absolute Gasteiger partial charge is 0.508 e. The van der Waals surface area contributed by atoms with E-state index >= 15 is 0 Å². The highest BCUT2D eigenvalue weighted by atomic mass is 32.2. The zero-order chi connectivity index (χ0) is 61.8. The molecule has 1 fully saturated rings. The first-order valence-corrected chi connectivity index (χ1v) is 29.0. The van der Waals surface area contributed by atoms with Crippen LogP contribution < -0.4 is 53.6 Å². The van der Waals surface area contributed by atoms with Crippen LogP contribution in [0.2, 0.25) is 0 Å². The number of carboxylic acids is 2. The van der Waals surface area contributed by atoms with Crippen molar-refractivity contribution in [3.05, 3.63) is 65.7 Å². The van der Waals surface area contributed by atoms with Crippen LogP contribution in [0, 0.1) is 17.8 Å². The molecule has 26 heteroatoms. The van der Waals surface area contributed by atoms with Gasteiger partial charge in [-0.3, -0.25) is 57.5 Å². The number of thioether (sulfide) groups is 1. The average Bonchev–Trinajstić information content (AvgIpc) is 3.57. The van der Waals surface area contributed by atoms with Gasteiger partial charge in [-0.05, 0) is 92.5 Å². The summed E-state index contributed by atoms with van der Waals surface area (Å²) in [4.78, 5) is 159. The summed E-state index contributed by atoms with van der Waals surface area (Å²) in [5.41, 5.74) is 6.16. The number of phenols is 1. The van der Waals surface area contributed by atoms with Gasteiger partial charge in [-0.2, -0.15) is 0 Å². The zero-order valence-electron chi connectivity index (χ0n) is 48.1. The number of carboxylic acid groups (broad SMARTS) is 2. The van der Waals surface area contributed by atoms with Crippen molar-refractivity contribution < 1.29 is 72.9 Å². The number of nitrogens with two attached hydrogens (primary N) is 1. The Morgan fingerprint density at radius 3 is 1.67 bits per heavy atom. The maximum atomic E-state index is 14.5. The summed E-state index contributed by atoms with van der Waals surface area (Å²) in [6, 6.07) is 5.49. The van der Waals surface area contributed by atoms with Gasteiger partial charge in [0.2, 0.25) is 53.2 Å². The van der Waals surface area contributed by atoms with Crippen molar-refractivity contribution in [1.82, 2.24) is 47.9 Å². The molecule has 0 saturated heterocycles. The summed E-state index contributed by atoms with van der Waals surface area (Å²) in [5, 5.41) is 51.8. The lowest BCUT2D eigenvalue weighted by atomic mass is 9.99. The van der Waals surface area contributed by atoms with Gasteiger partial charge in [0.25, 0.3) is 5.91 Å². The van der Waals surface area contributed by atoms with E-state index < -0.39 is 150 Å². The minimum absolute atomic E-state index is 0.0272. The van der Waals surface area contributed by atoms with Gasteiger partial charge < -0.3 is 68.9 Å². The SMILES string of the molecule is CC(C)C[C@H](NC(=O)[C@@H](NC(=O)CNC(=O)c1ccccc1)C(C)C)C(=O)N[C@@H](CCCCNC(=O)C[C@H](SC1CCCCC1)C(=O)O)C(=O)N[C@@H](CCC(=O)O)C(=O)N[C@@H](Cc1ccc(O)cc1)C(=O)NCC(=O)N[C@H](C(N)=O)C(C)C. The smallest absolute Gasteiger partial charge is 0.317 e. The van der Waals surface area contributed by atoms with Gasteiger partial charge in [0.1, 0.15) is 47.3 Å². The Hall–Kier alpha value is -7.77. The second-order valence-corrected chi connectivity index (χ2v) is 23.2. The number of benzene rings is 2. The van der Waals surface area contributed by atoms with Crippen molar-refractivity contribution in [1.29, 1.82) is 0 Å². The van der Waals surface area contributed by atoms with Crippen molar-refractivity contribution in [2.24, 2.45) is 23.5 Å². The molecule has 7 atom stereocenters. The van der Waals surface area contributed by atoms with Crippen LogP contribution in [0.15, 0.2) is 54.6 Å². The summed E-state index contributed by atoms with van der Waals surface area (Å²) in [6.07, 6.45) is 3.30. The van der Waals surface area contributed by atoms with Crippen LogP contribution in [-0.2, 0) is 59.2 Å². The first-order chi connectivity index (χ1) is 39.2. The van der Waals surface area contributed by atoms with Crippen molar-refractivity contribution in [2.45, 2.75) is 172 Å².